The molecule has 0 aromatic rings. The lowest BCUT2D eigenvalue weighted by Crippen LogP contribution is -2.23. The molecule has 0 saturated carbocycles. The van der Waals surface area contributed by atoms with Crippen molar-refractivity contribution in [1.29, 1.82) is 0 Å². The van der Waals surface area contributed by atoms with Crippen LogP contribution in [0.2, 0.25) is 0 Å². The van der Waals surface area contributed by atoms with E-state index in [1.54, 1.807) is 6.26 Å². The molecular formula is C10H20F3NO2S. The molecule has 0 radical (unpaired) electrons. The second kappa shape index (κ2) is 8.88. The predicted molar refractivity (Wildman–Crippen MR) is 62.5 cm³/mol. The van der Waals surface area contributed by atoms with E-state index >= 15 is 0 Å². The third-order valence-corrected chi connectivity index (χ3v) is 3.57. The predicted octanol–water partition coefficient (Wildman–Crippen LogP) is 1.70. The third kappa shape index (κ3) is 12.1. The number of alkyl halides is 3. The molecule has 0 aromatic carbocycles. The van der Waals surface area contributed by atoms with Gasteiger partial charge in [0.25, 0.3) is 0 Å². The fourth-order valence-electron chi connectivity index (χ4n) is 1.08. The summed E-state index contributed by atoms with van der Waals surface area (Å²) in [5.74, 6) is 0. The minimum atomic E-state index is -4.24. The smallest absolute Gasteiger partial charge is 0.372 e. The Balaban J connectivity index is 3.22. The van der Waals surface area contributed by atoms with Crippen molar-refractivity contribution in [2.75, 3.05) is 32.6 Å². The molecule has 0 saturated heterocycles. The van der Waals surface area contributed by atoms with Gasteiger partial charge in [0, 0.05) is 28.9 Å². The number of ether oxygens (including phenoxy) is 1. The van der Waals surface area contributed by atoms with Gasteiger partial charge in [-0.2, -0.15) is 13.2 Å². The first-order valence-corrected chi connectivity index (χ1v) is 7.12. The highest BCUT2D eigenvalue weighted by Gasteiger charge is 2.27. The molecular weight excluding hydrogens is 255 g/mol. The first-order chi connectivity index (χ1) is 7.83. The summed E-state index contributed by atoms with van der Waals surface area (Å²) in [5.41, 5.74) is 0. The Morgan fingerprint density at radius 1 is 1.35 bits per heavy atom. The first kappa shape index (κ1) is 16.9. The number of hydrogen-bond donors (Lipinski definition) is 1. The minimum Gasteiger partial charge on any atom is -0.372 e. The van der Waals surface area contributed by atoms with E-state index in [2.05, 4.69) is 10.1 Å². The highest BCUT2D eigenvalue weighted by molar-refractivity contribution is 7.84. The molecule has 0 rings (SSSR count). The maximum Gasteiger partial charge on any atom is 0.411 e. The van der Waals surface area contributed by atoms with Crippen LogP contribution in [0, 0.1) is 0 Å². The van der Waals surface area contributed by atoms with Gasteiger partial charge in [0.15, 0.2) is 0 Å². The molecule has 7 heteroatoms. The lowest BCUT2D eigenvalue weighted by atomic mass is 10.3. The fourth-order valence-corrected chi connectivity index (χ4v) is 1.53. The minimum absolute atomic E-state index is 0.0990. The van der Waals surface area contributed by atoms with Crippen molar-refractivity contribution in [2.45, 2.75) is 31.2 Å². The average molecular weight is 275 g/mol. The standard InChI is InChI=1S/C10H20F3NO2S/c1-9(17(2)15)4-6-14-5-3-7-16-8-10(11,12)13/h9,14H,3-8H2,1-2H3. The number of rotatable bonds is 9. The van der Waals surface area contributed by atoms with E-state index in [4.69, 9.17) is 0 Å². The van der Waals surface area contributed by atoms with Gasteiger partial charge in [0.05, 0.1) is 0 Å². The Hall–Kier alpha value is -0.140. The van der Waals surface area contributed by atoms with Gasteiger partial charge in [-0.3, -0.25) is 4.21 Å². The molecule has 0 aliphatic heterocycles. The van der Waals surface area contributed by atoms with Crippen LogP contribution in [0.15, 0.2) is 0 Å². The van der Waals surface area contributed by atoms with Crippen molar-refractivity contribution >= 4 is 10.8 Å². The molecule has 0 bridgehead atoms. The summed E-state index contributed by atoms with van der Waals surface area (Å²) in [5, 5.41) is 3.22. The van der Waals surface area contributed by atoms with Crippen LogP contribution in [0.1, 0.15) is 19.8 Å². The Labute approximate surface area is 103 Å². The molecule has 2 atom stereocenters. The van der Waals surface area contributed by atoms with Gasteiger partial charge in [-0.25, -0.2) is 0 Å². The van der Waals surface area contributed by atoms with Crippen LogP contribution >= 0.6 is 0 Å². The number of hydrogen-bond acceptors (Lipinski definition) is 3. The van der Waals surface area contributed by atoms with Crippen LogP contribution in [0.5, 0.6) is 0 Å². The second-order valence-electron chi connectivity index (χ2n) is 3.87. The van der Waals surface area contributed by atoms with Crippen molar-refractivity contribution in [3.63, 3.8) is 0 Å². The average Bonchev–Trinajstić information content (AvgIpc) is 2.19. The van der Waals surface area contributed by atoms with Crippen LogP contribution in [0.25, 0.3) is 0 Å². The molecule has 0 fully saturated rings. The Bertz CT molecular complexity index is 224. The quantitative estimate of drug-likeness (QED) is 0.651. The maximum atomic E-state index is 11.7. The van der Waals surface area contributed by atoms with Crippen molar-refractivity contribution in [3.8, 4) is 0 Å². The highest BCUT2D eigenvalue weighted by Crippen LogP contribution is 2.14. The van der Waals surface area contributed by atoms with Crippen molar-refractivity contribution < 1.29 is 22.1 Å². The van der Waals surface area contributed by atoms with E-state index in [0.29, 0.717) is 13.0 Å². The van der Waals surface area contributed by atoms with Gasteiger partial charge < -0.3 is 10.1 Å². The van der Waals surface area contributed by atoms with Crippen molar-refractivity contribution in [2.24, 2.45) is 0 Å². The maximum absolute atomic E-state index is 11.7. The zero-order valence-electron chi connectivity index (χ0n) is 10.2. The van der Waals surface area contributed by atoms with E-state index in [1.165, 1.54) is 0 Å². The van der Waals surface area contributed by atoms with Crippen LogP contribution in [-0.4, -0.2) is 48.2 Å². The van der Waals surface area contributed by atoms with Gasteiger partial charge in [-0.15, -0.1) is 0 Å². The fraction of sp³-hybridized carbons (Fsp3) is 1.00. The van der Waals surface area contributed by atoms with Crippen LogP contribution in [0.4, 0.5) is 13.2 Å². The Morgan fingerprint density at radius 2 is 2.00 bits per heavy atom. The summed E-state index contributed by atoms with van der Waals surface area (Å²) in [6.45, 7) is 2.16. The van der Waals surface area contributed by atoms with Crippen molar-refractivity contribution in [1.82, 2.24) is 5.32 Å². The van der Waals surface area contributed by atoms with E-state index in [-0.39, 0.29) is 11.9 Å². The van der Waals surface area contributed by atoms with Gasteiger partial charge in [-0.05, 0) is 25.9 Å². The van der Waals surface area contributed by atoms with Gasteiger partial charge in [0.2, 0.25) is 0 Å². The van der Waals surface area contributed by atoms with Gasteiger partial charge in [0.1, 0.15) is 6.61 Å². The molecule has 0 aliphatic carbocycles. The van der Waals surface area contributed by atoms with Crippen LogP contribution in [-0.2, 0) is 15.5 Å². The first-order valence-electron chi connectivity index (χ1n) is 5.50. The lowest BCUT2D eigenvalue weighted by Gasteiger charge is -2.10. The van der Waals surface area contributed by atoms with E-state index in [1.807, 2.05) is 6.92 Å². The Morgan fingerprint density at radius 3 is 2.53 bits per heavy atom. The molecule has 104 valence electrons. The summed E-state index contributed by atoms with van der Waals surface area (Å²) < 4.78 is 50.5. The largest absolute Gasteiger partial charge is 0.411 e. The molecule has 2 unspecified atom stereocenters. The number of nitrogens with one attached hydrogen (secondary N) is 1. The molecule has 0 spiro atoms. The molecule has 3 nitrogen and oxygen atoms in total. The highest BCUT2D eigenvalue weighted by atomic mass is 32.2. The normalized spacial score (nSPS) is 15.8. The van der Waals surface area contributed by atoms with E-state index in [9.17, 15) is 17.4 Å². The lowest BCUT2D eigenvalue weighted by molar-refractivity contribution is -0.173. The molecule has 1 N–H and O–H groups in total. The van der Waals surface area contributed by atoms with Gasteiger partial charge >= 0.3 is 6.18 Å². The van der Waals surface area contributed by atoms with Crippen molar-refractivity contribution in [3.05, 3.63) is 0 Å². The van der Waals surface area contributed by atoms with E-state index in [0.717, 1.165) is 13.0 Å². The number of halogens is 3. The Kier molecular flexibility index (Phi) is 8.81. The second-order valence-corrected chi connectivity index (χ2v) is 5.67. The molecule has 0 aromatic heterocycles. The monoisotopic (exact) mass is 275 g/mol. The van der Waals surface area contributed by atoms with Gasteiger partial charge in [-0.1, -0.05) is 6.92 Å². The topological polar surface area (TPSA) is 38.3 Å². The van der Waals surface area contributed by atoms with Crippen LogP contribution in [0.3, 0.4) is 0 Å². The summed E-state index contributed by atoms with van der Waals surface area (Å²) in [7, 11) is -0.820. The zero-order valence-corrected chi connectivity index (χ0v) is 11.0. The third-order valence-electron chi connectivity index (χ3n) is 2.20. The van der Waals surface area contributed by atoms with E-state index < -0.39 is 23.6 Å². The zero-order chi connectivity index (χ0) is 13.3. The SMILES string of the molecule is CC(CCNCCCOCC(F)(F)F)S(C)=O. The molecule has 0 aliphatic rings. The molecule has 0 heterocycles. The molecule has 17 heavy (non-hydrogen) atoms. The van der Waals surface area contributed by atoms with Crippen LogP contribution < -0.4 is 5.32 Å². The molecule has 0 amide bonds. The summed E-state index contributed by atoms with van der Waals surface area (Å²) >= 11 is 0. The summed E-state index contributed by atoms with van der Waals surface area (Å²) in [6.07, 6.45) is -1.24. The summed E-state index contributed by atoms with van der Waals surface area (Å²) in [6, 6.07) is 0. The summed E-state index contributed by atoms with van der Waals surface area (Å²) in [4.78, 5) is 0.